The maximum Gasteiger partial charge on any atom is 0.0541 e. The molecule has 0 bridgehead atoms. The number of hydrogen-bond donors (Lipinski definition) is 0. The fourth-order valence-corrected chi connectivity index (χ4v) is 9.48. The zero-order chi connectivity index (χ0) is 39.5. The maximum absolute atomic E-state index is 2.45. The van der Waals surface area contributed by atoms with Crippen LogP contribution < -0.4 is 4.90 Å². The van der Waals surface area contributed by atoms with Gasteiger partial charge in [0.05, 0.1) is 16.7 Å². The first-order valence-corrected chi connectivity index (χ1v) is 20.5. The summed E-state index contributed by atoms with van der Waals surface area (Å²) in [7, 11) is 0. The van der Waals surface area contributed by atoms with E-state index in [0.717, 1.165) is 17.1 Å². The van der Waals surface area contributed by atoms with Gasteiger partial charge in [-0.25, -0.2) is 0 Å². The number of benzene rings is 9. The summed E-state index contributed by atoms with van der Waals surface area (Å²) in [6.07, 6.45) is 0. The van der Waals surface area contributed by atoms with Crippen LogP contribution in [0.3, 0.4) is 0 Å². The van der Waals surface area contributed by atoms with Crippen LogP contribution in [0.1, 0.15) is 25.0 Å². The lowest BCUT2D eigenvalue weighted by Gasteiger charge is -2.30. The smallest absolute Gasteiger partial charge is 0.0541 e. The Hall–Kier alpha value is -7.42. The van der Waals surface area contributed by atoms with Crippen molar-refractivity contribution in [2.75, 3.05) is 4.90 Å². The van der Waals surface area contributed by atoms with Crippen molar-refractivity contribution < 1.29 is 0 Å². The van der Waals surface area contributed by atoms with Gasteiger partial charge in [0, 0.05) is 38.8 Å². The van der Waals surface area contributed by atoms with Gasteiger partial charge in [-0.3, -0.25) is 0 Å². The first kappa shape index (κ1) is 34.8. The molecule has 0 amide bonds. The molecule has 0 spiro atoms. The van der Waals surface area contributed by atoms with Crippen molar-refractivity contribution in [1.29, 1.82) is 0 Å². The first-order valence-electron chi connectivity index (χ1n) is 20.5. The fourth-order valence-electron chi connectivity index (χ4n) is 9.48. The third-order valence-electron chi connectivity index (χ3n) is 12.4. The minimum atomic E-state index is -0.118. The molecule has 2 nitrogen and oxygen atoms in total. The lowest BCUT2D eigenvalue weighted by molar-refractivity contribution is 0.660. The van der Waals surface area contributed by atoms with Gasteiger partial charge in [-0.2, -0.15) is 0 Å². The first-order chi connectivity index (χ1) is 29.0. The Kier molecular flexibility index (Phi) is 8.20. The molecule has 1 aliphatic rings. The Morgan fingerprint density at radius 3 is 1.76 bits per heavy atom. The van der Waals surface area contributed by atoms with E-state index >= 15 is 0 Å². The SMILES string of the molecule is CC1(C)c2ccccc2-c2ccc(N(c3ccc(-c4ccccc4)cc3)c3ccccc3-c3cccc(-c4ccc5c(c4)c4ccccc4n5-c4ccccc4)c3)cc21. The topological polar surface area (TPSA) is 8.17 Å². The summed E-state index contributed by atoms with van der Waals surface area (Å²) in [4.78, 5) is 2.45. The summed E-state index contributed by atoms with van der Waals surface area (Å²) in [6, 6.07) is 79.8. The third kappa shape index (κ3) is 5.79. The summed E-state index contributed by atoms with van der Waals surface area (Å²) in [5.74, 6) is 0. The van der Waals surface area contributed by atoms with Crippen molar-refractivity contribution in [3.8, 4) is 50.2 Å². The van der Waals surface area contributed by atoms with E-state index in [0.29, 0.717) is 0 Å². The molecule has 280 valence electrons. The molecule has 0 atom stereocenters. The molecule has 1 aliphatic carbocycles. The van der Waals surface area contributed by atoms with Crippen LogP contribution in [-0.2, 0) is 5.41 Å². The molecular formula is C57H42N2. The Morgan fingerprint density at radius 1 is 0.356 bits per heavy atom. The molecule has 0 fully saturated rings. The molecule has 0 aliphatic heterocycles. The predicted octanol–water partition coefficient (Wildman–Crippen LogP) is 15.6. The molecule has 2 heteroatoms. The molecular weight excluding hydrogens is 713 g/mol. The summed E-state index contributed by atoms with van der Waals surface area (Å²) >= 11 is 0. The van der Waals surface area contributed by atoms with Gasteiger partial charge in [-0.15, -0.1) is 0 Å². The van der Waals surface area contributed by atoms with Crippen LogP contribution in [0.5, 0.6) is 0 Å². The third-order valence-corrected chi connectivity index (χ3v) is 12.4. The number of aromatic nitrogens is 1. The number of fused-ring (bicyclic) bond motifs is 6. The molecule has 0 unspecified atom stereocenters. The molecule has 0 N–H and O–H groups in total. The molecule has 1 heterocycles. The average Bonchev–Trinajstić information content (AvgIpc) is 3.75. The van der Waals surface area contributed by atoms with Gasteiger partial charge in [0.2, 0.25) is 0 Å². The highest BCUT2D eigenvalue weighted by Gasteiger charge is 2.36. The molecule has 0 saturated carbocycles. The van der Waals surface area contributed by atoms with Crippen LogP contribution in [0.4, 0.5) is 17.1 Å². The molecule has 0 radical (unpaired) electrons. The van der Waals surface area contributed by atoms with Crippen LogP contribution in [0.15, 0.2) is 218 Å². The lowest BCUT2D eigenvalue weighted by atomic mass is 9.82. The number of hydrogen-bond acceptors (Lipinski definition) is 1. The van der Waals surface area contributed by atoms with Gasteiger partial charge in [-0.05, 0) is 117 Å². The van der Waals surface area contributed by atoms with Gasteiger partial charge < -0.3 is 9.47 Å². The second-order valence-electron chi connectivity index (χ2n) is 16.2. The van der Waals surface area contributed by atoms with Gasteiger partial charge in [-0.1, -0.05) is 166 Å². The van der Waals surface area contributed by atoms with Gasteiger partial charge >= 0.3 is 0 Å². The van der Waals surface area contributed by atoms with E-state index in [-0.39, 0.29) is 5.41 Å². The van der Waals surface area contributed by atoms with E-state index in [4.69, 9.17) is 0 Å². The zero-order valence-electron chi connectivity index (χ0n) is 33.2. The molecule has 1 aromatic heterocycles. The Morgan fingerprint density at radius 2 is 0.932 bits per heavy atom. The standard InChI is InChI=1S/C57H42N2/c1-57(2)52-25-12-9-23-48(52)49-34-33-46(38-53(49)57)58(45-31-28-40(29-32-45)39-16-5-3-6-17-39)54-26-13-10-22-47(54)43-19-15-18-41(36-43)42-30-35-56-51(37-42)50-24-11-14-27-55(50)59(56)44-20-7-4-8-21-44/h3-38H,1-2H3. The second-order valence-corrected chi connectivity index (χ2v) is 16.2. The van der Waals surface area contributed by atoms with Crippen LogP contribution in [0.25, 0.3) is 72.0 Å². The van der Waals surface area contributed by atoms with Crippen molar-refractivity contribution >= 4 is 38.9 Å². The summed E-state index contributed by atoms with van der Waals surface area (Å²) < 4.78 is 2.38. The van der Waals surface area contributed by atoms with Gasteiger partial charge in [0.1, 0.15) is 0 Å². The number of rotatable bonds is 7. The Balaban J connectivity index is 1.05. The normalized spacial score (nSPS) is 12.7. The van der Waals surface area contributed by atoms with Crippen LogP contribution in [-0.4, -0.2) is 4.57 Å². The van der Waals surface area contributed by atoms with E-state index < -0.39 is 0 Å². The highest BCUT2D eigenvalue weighted by Crippen LogP contribution is 2.51. The maximum atomic E-state index is 2.45. The number of anilines is 3. The highest BCUT2D eigenvalue weighted by molar-refractivity contribution is 6.10. The molecule has 11 rings (SSSR count). The second kappa shape index (κ2) is 13.9. The van der Waals surface area contributed by atoms with Crippen LogP contribution >= 0.6 is 0 Å². The molecule has 0 saturated heterocycles. The summed E-state index contributed by atoms with van der Waals surface area (Å²) in [6.45, 7) is 4.72. The molecule has 59 heavy (non-hydrogen) atoms. The number of para-hydroxylation sites is 3. The van der Waals surface area contributed by atoms with Crippen LogP contribution in [0, 0.1) is 0 Å². The average molecular weight is 755 g/mol. The molecule has 9 aromatic carbocycles. The van der Waals surface area contributed by atoms with E-state index in [9.17, 15) is 0 Å². The predicted molar refractivity (Wildman–Crippen MR) is 249 cm³/mol. The quantitative estimate of drug-likeness (QED) is 0.157. The summed E-state index contributed by atoms with van der Waals surface area (Å²) in [5, 5.41) is 2.50. The monoisotopic (exact) mass is 754 g/mol. The lowest BCUT2D eigenvalue weighted by Crippen LogP contribution is -2.16. The fraction of sp³-hybridized carbons (Fsp3) is 0.0526. The Labute approximate surface area is 345 Å². The minimum Gasteiger partial charge on any atom is -0.310 e. The van der Waals surface area contributed by atoms with E-state index in [1.165, 1.54) is 83.1 Å². The van der Waals surface area contributed by atoms with Crippen molar-refractivity contribution in [3.05, 3.63) is 230 Å². The van der Waals surface area contributed by atoms with E-state index in [2.05, 4.69) is 242 Å². The van der Waals surface area contributed by atoms with Crippen LogP contribution in [0.2, 0.25) is 0 Å². The molecule has 10 aromatic rings. The minimum absolute atomic E-state index is 0.118. The van der Waals surface area contributed by atoms with Gasteiger partial charge in [0.15, 0.2) is 0 Å². The van der Waals surface area contributed by atoms with E-state index in [1.54, 1.807) is 0 Å². The van der Waals surface area contributed by atoms with Crippen molar-refractivity contribution in [1.82, 2.24) is 4.57 Å². The van der Waals surface area contributed by atoms with E-state index in [1.807, 2.05) is 0 Å². The highest BCUT2D eigenvalue weighted by atomic mass is 15.1. The Bertz CT molecular complexity index is 3170. The van der Waals surface area contributed by atoms with Crippen molar-refractivity contribution in [2.24, 2.45) is 0 Å². The number of nitrogens with zero attached hydrogens (tertiary/aromatic N) is 2. The van der Waals surface area contributed by atoms with Crippen molar-refractivity contribution in [2.45, 2.75) is 19.3 Å². The zero-order valence-corrected chi connectivity index (χ0v) is 33.2. The van der Waals surface area contributed by atoms with Crippen molar-refractivity contribution in [3.63, 3.8) is 0 Å². The largest absolute Gasteiger partial charge is 0.310 e. The summed E-state index contributed by atoms with van der Waals surface area (Å²) in [5.41, 5.74) is 19.4. The van der Waals surface area contributed by atoms with Gasteiger partial charge in [0.25, 0.3) is 0 Å².